The lowest BCUT2D eigenvalue weighted by molar-refractivity contribution is 0.501. The van der Waals surface area contributed by atoms with Crippen molar-refractivity contribution < 1.29 is 0 Å². The fourth-order valence-electron chi connectivity index (χ4n) is 1.52. The maximum absolute atomic E-state index is 6.03. The van der Waals surface area contributed by atoms with E-state index in [2.05, 4.69) is 17.3 Å². The first-order valence-electron chi connectivity index (χ1n) is 4.55. The van der Waals surface area contributed by atoms with Crippen LogP contribution in [0.1, 0.15) is 31.5 Å². The maximum Gasteiger partial charge on any atom is 0.0833 e. The second-order valence-corrected chi connectivity index (χ2v) is 3.54. The van der Waals surface area contributed by atoms with Crippen molar-refractivity contribution in [2.45, 2.75) is 25.8 Å². The van der Waals surface area contributed by atoms with Crippen molar-refractivity contribution in [3.63, 3.8) is 0 Å². The van der Waals surface area contributed by atoms with E-state index in [1.54, 1.807) is 6.20 Å². The van der Waals surface area contributed by atoms with Crippen LogP contribution in [0.5, 0.6) is 0 Å². The van der Waals surface area contributed by atoms with Crippen LogP contribution in [0.2, 0.25) is 5.02 Å². The molecule has 0 aromatic carbocycles. The molecule has 0 spiro atoms. The van der Waals surface area contributed by atoms with Crippen LogP contribution < -0.4 is 5.32 Å². The smallest absolute Gasteiger partial charge is 0.0833 e. The Bertz CT molecular complexity index is 250. The van der Waals surface area contributed by atoms with Gasteiger partial charge in [0.2, 0.25) is 0 Å². The third-order valence-corrected chi connectivity index (χ3v) is 2.48. The summed E-state index contributed by atoms with van der Waals surface area (Å²) < 4.78 is 1.83. The quantitative estimate of drug-likeness (QED) is 0.809. The van der Waals surface area contributed by atoms with Crippen molar-refractivity contribution >= 4 is 11.6 Å². The molecule has 1 rings (SSSR count). The van der Waals surface area contributed by atoms with Gasteiger partial charge in [-0.25, -0.2) is 0 Å². The van der Waals surface area contributed by atoms with Gasteiger partial charge < -0.3 is 5.32 Å². The van der Waals surface area contributed by atoms with E-state index in [1.807, 2.05) is 18.8 Å². The van der Waals surface area contributed by atoms with E-state index < -0.39 is 0 Å². The number of hydrogen-bond donors (Lipinski definition) is 1. The van der Waals surface area contributed by atoms with Crippen LogP contribution in [0.3, 0.4) is 0 Å². The summed E-state index contributed by atoms with van der Waals surface area (Å²) in [5, 5.41) is 8.10. The zero-order valence-electron chi connectivity index (χ0n) is 8.34. The van der Waals surface area contributed by atoms with E-state index in [9.17, 15) is 0 Å². The molecular weight excluding hydrogens is 186 g/mol. The van der Waals surface area contributed by atoms with Crippen LogP contribution in [0.4, 0.5) is 0 Å². The van der Waals surface area contributed by atoms with Crippen molar-refractivity contribution in [1.82, 2.24) is 15.1 Å². The predicted molar refractivity (Wildman–Crippen MR) is 54.9 cm³/mol. The number of nitrogens with zero attached hydrogens (tertiary/aromatic N) is 2. The van der Waals surface area contributed by atoms with Crippen LogP contribution >= 0.6 is 11.6 Å². The van der Waals surface area contributed by atoms with E-state index in [-0.39, 0.29) is 0 Å². The van der Waals surface area contributed by atoms with Gasteiger partial charge in [0.1, 0.15) is 0 Å². The zero-order chi connectivity index (χ0) is 9.84. The Balaban J connectivity index is 2.89. The topological polar surface area (TPSA) is 29.9 Å². The zero-order valence-corrected chi connectivity index (χ0v) is 9.10. The summed E-state index contributed by atoms with van der Waals surface area (Å²) in [7, 11) is 3.87. The lowest BCUT2D eigenvalue weighted by Crippen LogP contribution is -2.19. The van der Waals surface area contributed by atoms with E-state index in [0.29, 0.717) is 6.04 Å². The molecule has 0 saturated carbocycles. The second-order valence-electron chi connectivity index (χ2n) is 3.13. The normalized spacial score (nSPS) is 13.2. The average molecular weight is 202 g/mol. The molecule has 0 bridgehead atoms. The molecule has 1 unspecified atom stereocenters. The molecule has 3 nitrogen and oxygen atoms in total. The van der Waals surface area contributed by atoms with Gasteiger partial charge >= 0.3 is 0 Å². The van der Waals surface area contributed by atoms with Crippen LogP contribution in [0.15, 0.2) is 6.20 Å². The summed E-state index contributed by atoms with van der Waals surface area (Å²) in [4.78, 5) is 0. The fraction of sp³-hybridized carbons (Fsp3) is 0.667. The van der Waals surface area contributed by atoms with Gasteiger partial charge in [-0.3, -0.25) is 4.68 Å². The van der Waals surface area contributed by atoms with Gasteiger partial charge in [-0.05, 0) is 13.5 Å². The standard InChI is InChI=1S/C9H16ClN3/c1-4-5-8(11-2)9-7(10)6-12-13(9)3/h6,8,11H,4-5H2,1-3H3. The molecule has 0 amide bonds. The molecule has 0 fully saturated rings. The van der Waals surface area contributed by atoms with Crippen molar-refractivity contribution in [3.05, 3.63) is 16.9 Å². The van der Waals surface area contributed by atoms with Gasteiger partial charge in [0, 0.05) is 7.05 Å². The summed E-state index contributed by atoms with van der Waals surface area (Å²) in [6.07, 6.45) is 3.90. The molecule has 1 atom stereocenters. The first kappa shape index (κ1) is 10.5. The van der Waals surface area contributed by atoms with E-state index in [4.69, 9.17) is 11.6 Å². The number of aromatic nitrogens is 2. The summed E-state index contributed by atoms with van der Waals surface area (Å²) in [5.74, 6) is 0. The Hall–Kier alpha value is -0.540. The third kappa shape index (κ3) is 2.23. The first-order chi connectivity index (χ1) is 6.20. The van der Waals surface area contributed by atoms with Crippen LogP contribution in [-0.2, 0) is 7.05 Å². The highest BCUT2D eigenvalue weighted by molar-refractivity contribution is 6.31. The minimum atomic E-state index is 0.310. The third-order valence-electron chi connectivity index (χ3n) is 2.19. The Kier molecular flexibility index (Phi) is 3.75. The van der Waals surface area contributed by atoms with Gasteiger partial charge in [0.25, 0.3) is 0 Å². The highest BCUT2D eigenvalue weighted by atomic mass is 35.5. The first-order valence-corrected chi connectivity index (χ1v) is 4.93. The monoisotopic (exact) mass is 201 g/mol. The molecule has 0 aliphatic heterocycles. The number of hydrogen-bond acceptors (Lipinski definition) is 2. The van der Waals surface area contributed by atoms with Crippen LogP contribution in [-0.4, -0.2) is 16.8 Å². The Morgan fingerprint density at radius 3 is 2.77 bits per heavy atom. The molecule has 1 aromatic heterocycles. The van der Waals surface area contributed by atoms with Gasteiger partial charge in [-0.2, -0.15) is 5.10 Å². The van der Waals surface area contributed by atoms with Crippen molar-refractivity contribution in [1.29, 1.82) is 0 Å². The summed E-state index contributed by atoms with van der Waals surface area (Å²) in [5.41, 5.74) is 1.08. The molecular formula is C9H16ClN3. The Morgan fingerprint density at radius 1 is 1.69 bits per heavy atom. The number of halogens is 1. The minimum absolute atomic E-state index is 0.310. The van der Waals surface area contributed by atoms with E-state index in [1.165, 1.54) is 0 Å². The number of nitrogens with one attached hydrogen (secondary N) is 1. The molecule has 1 N–H and O–H groups in total. The molecule has 4 heteroatoms. The van der Waals surface area contributed by atoms with Gasteiger partial charge in [0.05, 0.1) is 23.0 Å². The molecule has 13 heavy (non-hydrogen) atoms. The molecule has 0 aliphatic carbocycles. The largest absolute Gasteiger partial charge is 0.312 e. The molecule has 0 saturated heterocycles. The average Bonchev–Trinajstić information content (AvgIpc) is 2.43. The lowest BCUT2D eigenvalue weighted by atomic mass is 10.1. The second kappa shape index (κ2) is 4.63. The van der Waals surface area contributed by atoms with Gasteiger partial charge in [-0.1, -0.05) is 24.9 Å². The van der Waals surface area contributed by atoms with E-state index in [0.717, 1.165) is 23.6 Å². The van der Waals surface area contributed by atoms with Crippen molar-refractivity contribution in [3.8, 4) is 0 Å². The molecule has 1 heterocycles. The van der Waals surface area contributed by atoms with Crippen molar-refractivity contribution in [2.75, 3.05) is 7.05 Å². The summed E-state index contributed by atoms with van der Waals surface area (Å²) >= 11 is 6.03. The highest BCUT2D eigenvalue weighted by Crippen LogP contribution is 2.24. The molecule has 0 aliphatic rings. The predicted octanol–water partition coefficient (Wildman–Crippen LogP) is 2.13. The number of rotatable bonds is 4. The molecule has 1 aromatic rings. The van der Waals surface area contributed by atoms with Crippen LogP contribution in [0, 0.1) is 0 Å². The highest BCUT2D eigenvalue weighted by Gasteiger charge is 2.15. The minimum Gasteiger partial charge on any atom is -0.312 e. The Labute approximate surface area is 84.1 Å². The molecule has 0 radical (unpaired) electrons. The van der Waals surface area contributed by atoms with E-state index >= 15 is 0 Å². The fourth-order valence-corrected chi connectivity index (χ4v) is 1.82. The molecule has 74 valence electrons. The van der Waals surface area contributed by atoms with Gasteiger partial charge in [0.15, 0.2) is 0 Å². The SMILES string of the molecule is CCCC(NC)c1c(Cl)cnn1C. The lowest BCUT2D eigenvalue weighted by Gasteiger charge is -2.15. The summed E-state index contributed by atoms with van der Waals surface area (Å²) in [6.45, 7) is 2.16. The summed E-state index contributed by atoms with van der Waals surface area (Å²) in [6, 6.07) is 0.310. The maximum atomic E-state index is 6.03. The Morgan fingerprint density at radius 2 is 2.38 bits per heavy atom. The van der Waals surface area contributed by atoms with Crippen LogP contribution in [0.25, 0.3) is 0 Å². The number of aryl methyl sites for hydroxylation is 1. The van der Waals surface area contributed by atoms with Gasteiger partial charge in [-0.15, -0.1) is 0 Å². The van der Waals surface area contributed by atoms with Crippen molar-refractivity contribution in [2.24, 2.45) is 7.05 Å².